The Morgan fingerprint density at radius 2 is 1.91 bits per heavy atom. The van der Waals surface area contributed by atoms with Gasteiger partial charge in [-0.3, -0.25) is 9.59 Å². The van der Waals surface area contributed by atoms with Gasteiger partial charge >= 0.3 is 0 Å². The van der Waals surface area contributed by atoms with Gasteiger partial charge in [0.15, 0.2) is 0 Å². The third kappa shape index (κ3) is 3.94. The standard InChI is InChI=1S/C24H24ClNO6/c1-30-18-8-4-3-7-16(18)21-20(22(27)14-9-10-17(25)19(12-14)31-2)23(28)24(29)26(21)13-15-6-5-11-32-15/h3-4,7-10,12,15,21,27H,5-6,11,13H2,1-2H3/b22-20+. The van der Waals surface area contributed by atoms with Crippen molar-refractivity contribution in [3.05, 3.63) is 64.2 Å². The number of para-hydroxylation sites is 1. The largest absolute Gasteiger partial charge is 0.507 e. The maximum Gasteiger partial charge on any atom is 0.295 e. The average Bonchev–Trinajstić information content (AvgIpc) is 3.41. The van der Waals surface area contributed by atoms with Crippen LogP contribution in [-0.2, 0) is 14.3 Å². The lowest BCUT2D eigenvalue weighted by Crippen LogP contribution is -2.36. The van der Waals surface area contributed by atoms with Crippen molar-refractivity contribution >= 4 is 29.1 Å². The number of carbonyl (C=O) groups excluding carboxylic acids is 2. The van der Waals surface area contributed by atoms with Crippen molar-refractivity contribution in [1.82, 2.24) is 4.90 Å². The van der Waals surface area contributed by atoms with E-state index in [1.54, 1.807) is 36.4 Å². The molecule has 1 amide bonds. The van der Waals surface area contributed by atoms with Crippen LogP contribution >= 0.6 is 11.6 Å². The van der Waals surface area contributed by atoms with Crippen molar-refractivity contribution < 1.29 is 28.9 Å². The predicted octanol–water partition coefficient (Wildman–Crippen LogP) is 3.96. The first-order valence-electron chi connectivity index (χ1n) is 10.3. The number of amides is 1. The number of nitrogens with zero attached hydrogens (tertiary/aromatic N) is 1. The van der Waals surface area contributed by atoms with Crippen LogP contribution in [0.15, 0.2) is 48.0 Å². The van der Waals surface area contributed by atoms with E-state index in [-0.39, 0.29) is 24.0 Å². The van der Waals surface area contributed by atoms with E-state index in [9.17, 15) is 14.7 Å². The number of aliphatic hydroxyl groups is 1. The minimum Gasteiger partial charge on any atom is -0.507 e. The molecule has 2 fully saturated rings. The number of rotatable bonds is 6. The summed E-state index contributed by atoms with van der Waals surface area (Å²) >= 11 is 6.11. The molecule has 2 aliphatic heterocycles. The highest BCUT2D eigenvalue weighted by atomic mass is 35.5. The van der Waals surface area contributed by atoms with Gasteiger partial charge in [-0.15, -0.1) is 0 Å². The molecule has 0 spiro atoms. The summed E-state index contributed by atoms with van der Waals surface area (Å²) in [6.45, 7) is 0.868. The number of ketones is 1. The van der Waals surface area contributed by atoms with E-state index in [1.165, 1.54) is 25.2 Å². The number of halogens is 1. The van der Waals surface area contributed by atoms with E-state index in [1.807, 2.05) is 0 Å². The maximum absolute atomic E-state index is 13.2. The highest BCUT2D eigenvalue weighted by Gasteiger charge is 2.48. The van der Waals surface area contributed by atoms with Crippen LogP contribution in [0.1, 0.15) is 30.0 Å². The normalized spacial score (nSPS) is 22.4. The minimum atomic E-state index is -0.822. The summed E-state index contributed by atoms with van der Waals surface area (Å²) in [6, 6.07) is 11.0. The van der Waals surface area contributed by atoms with E-state index >= 15 is 0 Å². The Balaban J connectivity index is 1.87. The molecule has 2 atom stereocenters. The second-order valence-corrected chi connectivity index (χ2v) is 8.08. The minimum absolute atomic E-state index is 0.0122. The van der Waals surface area contributed by atoms with Gasteiger partial charge in [0.2, 0.25) is 0 Å². The SMILES string of the molecule is COc1cc(/C(O)=C2\C(=O)C(=O)N(CC3CCCO3)C2c2ccccc2OC)ccc1Cl. The van der Waals surface area contributed by atoms with Gasteiger partial charge in [0, 0.05) is 24.3 Å². The molecule has 32 heavy (non-hydrogen) atoms. The van der Waals surface area contributed by atoms with Gasteiger partial charge in [-0.25, -0.2) is 0 Å². The summed E-state index contributed by atoms with van der Waals surface area (Å²) in [5.74, 6) is -0.886. The molecule has 0 radical (unpaired) electrons. The first-order chi connectivity index (χ1) is 15.5. The van der Waals surface area contributed by atoms with Crippen molar-refractivity contribution in [2.45, 2.75) is 25.0 Å². The van der Waals surface area contributed by atoms with E-state index in [2.05, 4.69) is 0 Å². The topological polar surface area (TPSA) is 85.3 Å². The van der Waals surface area contributed by atoms with Crippen LogP contribution in [0.2, 0.25) is 5.02 Å². The molecule has 2 aliphatic rings. The maximum atomic E-state index is 13.2. The van der Waals surface area contributed by atoms with Crippen LogP contribution in [0.3, 0.4) is 0 Å². The van der Waals surface area contributed by atoms with E-state index < -0.39 is 17.7 Å². The summed E-state index contributed by atoms with van der Waals surface area (Å²) in [7, 11) is 2.98. The molecule has 0 bridgehead atoms. The first-order valence-corrected chi connectivity index (χ1v) is 10.7. The molecular formula is C24H24ClNO6. The molecule has 4 rings (SSSR count). The van der Waals surface area contributed by atoms with E-state index in [0.717, 1.165) is 12.8 Å². The van der Waals surface area contributed by atoms with Crippen LogP contribution in [0.4, 0.5) is 0 Å². The van der Waals surface area contributed by atoms with E-state index in [4.69, 9.17) is 25.8 Å². The monoisotopic (exact) mass is 457 g/mol. The highest BCUT2D eigenvalue weighted by Crippen LogP contribution is 2.43. The Kier molecular flexibility index (Phi) is 6.39. The second kappa shape index (κ2) is 9.22. The zero-order chi connectivity index (χ0) is 22.8. The summed E-state index contributed by atoms with van der Waals surface area (Å²) in [5, 5.41) is 11.6. The molecule has 0 saturated carbocycles. The molecule has 8 heteroatoms. The van der Waals surface area contributed by atoms with Crippen molar-refractivity contribution in [3.8, 4) is 11.5 Å². The summed E-state index contributed by atoms with van der Waals surface area (Å²) in [5.41, 5.74) is 0.915. The predicted molar refractivity (Wildman–Crippen MR) is 119 cm³/mol. The number of hydrogen-bond donors (Lipinski definition) is 1. The second-order valence-electron chi connectivity index (χ2n) is 7.68. The van der Waals surface area contributed by atoms with Gasteiger partial charge in [0.25, 0.3) is 11.7 Å². The number of hydrogen-bond acceptors (Lipinski definition) is 6. The molecule has 2 heterocycles. The van der Waals surface area contributed by atoms with Gasteiger partial charge < -0.3 is 24.2 Å². The van der Waals surface area contributed by atoms with Gasteiger partial charge in [0.05, 0.1) is 37.0 Å². The lowest BCUT2D eigenvalue weighted by molar-refractivity contribution is -0.140. The van der Waals surface area contributed by atoms with Crippen LogP contribution < -0.4 is 9.47 Å². The molecular weight excluding hydrogens is 434 g/mol. The fourth-order valence-corrected chi connectivity index (χ4v) is 4.45. The number of Topliss-reactive ketones (excluding diaryl/α,β-unsaturated/α-hetero) is 1. The van der Waals surface area contributed by atoms with Crippen molar-refractivity contribution in [2.75, 3.05) is 27.4 Å². The molecule has 2 unspecified atom stereocenters. The van der Waals surface area contributed by atoms with Gasteiger partial charge in [0.1, 0.15) is 17.3 Å². The quantitative estimate of drug-likeness (QED) is 0.401. The number of likely N-dealkylation sites (tertiary alicyclic amines) is 1. The van der Waals surface area contributed by atoms with Gasteiger partial charge in [-0.1, -0.05) is 29.8 Å². The Labute approximate surface area is 191 Å². The molecule has 1 N–H and O–H groups in total. The molecule has 7 nitrogen and oxygen atoms in total. The highest BCUT2D eigenvalue weighted by molar-refractivity contribution is 6.46. The van der Waals surface area contributed by atoms with E-state index in [0.29, 0.717) is 34.3 Å². The van der Waals surface area contributed by atoms with Crippen molar-refractivity contribution in [1.29, 1.82) is 0 Å². The van der Waals surface area contributed by atoms with Gasteiger partial charge in [-0.2, -0.15) is 0 Å². The van der Waals surface area contributed by atoms with Crippen molar-refractivity contribution in [3.63, 3.8) is 0 Å². The number of aliphatic hydroxyl groups excluding tert-OH is 1. The molecule has 2 saturated heterocycles. The number of carbonyl (C=O) groups is 2. The molecule has 2 aromatic carbocycles. The Morgan fingerprint density at radius 3 is 2.59 bits per heavy atom. The zero-order valence-electron chi connectivity index (χ0n) is 17.8. The van der Waals surface area contributed by atoms with Crippen LogP contribution in [-0.4, -0.2) is 55.2 Å². The van der Waals surface area contributed by atoms with Gasteiger partial charge in [-0.05, 0) is 37.1 Å². The summed E-state index contributed by atoms with van der Waals surface area (Å²) < 4.78 is 16.5. The first kappa shape index (κ1) is 22.2. The summed E-state index contributed by atoms with van der Waals surface area (Å²) in [4.78, 5) is 27.7. The van der Waals surface area contributed by atoms with Crippen LogP contribution in [0.25, 0.3) is 5.76 Å². The fraction of sp³-hybridized carbons (Fsp3) is 0.333. The Hall–Kier alpha value is -3.03. The number of ether oxygens (including phenoxy) is 3. The van der Waals surface area contributed by atoms with Crippen LogP contribution in [0.5, 0.6) is 11.5 Å². The number of methoxy groups -OCH3 is 2. The third-order valence-electron chi connectivity index (χ3n) is 5.82. The smallest absolute Gasteiger partial charge is 0.295 e. The molecule has 0 aliphatic carbocycles. The third-order valence-corrected chi connectivity index (χ3v) is 6.13. The fourth-order valence-electron chi connectivity index (χ4n) is 4.25. The Morgan fingerprint density at radius 1 is 1.16 bits per heavy atom. The summed E-state index contributed by atoms with van der Waals surface area (Å²) in [6.07, 6.45) is 1.54. The molecule has 168 valence electrons. The van der Waals surface area contributed by atoms with Crippen LogP contribution in [0, 0.1) is 0 Å². The molecule has 0 aromatic heterocycles. The number of benzene rings is 2. The average molecular weight is 458 g/mol. The Bertz CT molecular complexity index is 1080. The zero-order valence-corrected chi connectivity index (χ0v) is 18.6. The lowest BCUT2D eigenvalue weighted by Gasteiger charge is -2.28. The lowest BCUT2D eigenvalue weighted by atomic mass is 9.94. The van der Waals surface area contributed by atoms with Crippen molar-refractivity contribution in [2.24, 2.45) is 0 Å². The molecule has 2 aromatic rings.